The maximum atomic E-state index is 11.7. The third kappa shape index (κ3) is 5.71. The van der Waals surface area contributed by atoms with Crippen LogP contribution in [0.15, 0.2) is 36.4 Å². The van der Waals surface area contributed by atoms with E-state index in [0.717, 1.165) is 35.6 Å². The molecule has 0 spiro atoms. The monoisotopic (exact) mass is 475 g/mol. The second kappa shape index (κ2) is 10.0. The van der Waals surface area contributed by atoms with E-state index in [1.54, 1.807) is 0 Å². The van der Waals surface area contributed by atoms with E-state index in [-0.39, 0.29) is 5.97 Å². The second-order valence-corrected chi connectivity index (χ2v) is 11.6. The summed E-state index contributed by atoms with van der Waals surface area (Å²) in [4.78, 5) is 16.8. The van der Waals surface area contributed by atoms with Crippen LogP contribution in [-0.2, 0) is 16.0 Å². The number of anilines is 2. The maximum absolute atomic E-state index is 11.7. The van der Waals surface area contributed by atoms with Crippen molar-refractivity contribution in [1.82, 2.24) is 9.55 Å². The topological polar surface area (TPSA) is 56.1 Å². The van der Waals surface area contributed by atoms with E-state index < -0.39 is 0 Å². The molecule has 1 fully saturated rings. The molecule has 5 nitrogen and oxygen atoms in total. The number of esters is 1. The van der Waals surface area contributed by atoms with Gasteiger partial charge in [-0.05, 0) is 90.8 Å². The lowest BCUT2D eigenvalue weighted by Gasteiger charge is -2.40. The zero-order valence-corrected chi connectivity index (χ0v) is 22.4. The van der Waals surface area contributed by atoms with Gasteiger partial charge in [0.15, 0.2) is 0 Å². The molecule has 0 aliphatic heterocycles. The van der Waals surface area contributed by atoms with Crippen molar-refractivity contribution in [3.05, 3.63) is 53.1 Å². The van der Waals surface area contributed by atoms with Gasteiger partial charge in [0, 0.05) is 18.2 Å². The second-order valence-electron chi connectivity index (χ2n) is 11.6. The smallest absolute Gasteiger partial charge is 0.305 e. The van der Waals surface area contributed by atoms with Gasteiger partial charge >= 0.3 is 5.97 Å². The van der Waals surface area contributed by atoms with Crippen LogP contribution in [0.25, 0.3) is 11.0 Å². The van der Waals surface area contributed by atoms with E-state index >= 15 is 0 Å². The van der Waals surface area contributed by atoms with E-state index in [2.05, 4.69) is 87.8 Å². The molecule has 5 heteroatoms. The van der Waals surface area contributed by atoms with Crippen LogP contribution in [-0.4, -0.2) is 22.6 Å². The van der Waals surface area contributed by atoms with Crippen LogP contribution < -0.4 is 5.32 Å². The van der Waals surface area contributed by atoms with Gasteiger partial charge in [0.25, 0.3) is 0 Å². The molecule has 0 saturated heterocycles. The third-order valence-electron chi connectivity index (χ3n) is 7.54. The van der Waals surface area contributed by atoms with Crippen molar-refractivity contribution >= 4 is 28.6 Å². The van der Waals surface area contributed by atoms with Gasteiger partial charge < -0.3 is 14.6 Å². The van der Waals surface area contributed by atoms with Gasteiger partial charge in [-0.25, -0.2) is 4.98 Å². The Hall–Kier alpha value is -2.82. The molecule has 0 amide bonds. The molecule has 3 aromatic rings. The number of benzene rings is 2. The molecule has 1 N–H and O–H groups in total. The molecule has 1 heterocycles. The van der Waals surface area contributed by atoms with E-state index in [1.165, 1.54) is 30.2 Å². The molecule has 0 bridgehead atoms. The number of aryl methyl sites for hydroxylation is 2. The van der Waals surface area contributed by atoms with Crippen molar-refractivity contribution in [1.29, 1.82) is 0 Å². The summed E-state index contributed by atoms with van der Waals surface area (Å²) in [5.41, 5.74) is 7.17. The first-order chi connectivity index (χ1) is 16.6. The third-order valence-corrected chi connectivity index (χ3v) is 7.54. The molecule has 1 aliphatic rings. The fourth-order valence-electron chi connectivity index (χ4n) is 5.93. The first-order valence-corrected chi connectivity index (χ1v) is 13.0. The summed E-state index contributed by atoms with van der Waals surface area (Å²) in [7, 11) is 1.44. The minimum absolute atomic E-state index is 0.180. The molecule has 1 aromatic heterocycles. The number of hydrogen-bond acceptors (Lipinski definition) is 4. The molecule has 35 heavy (non-hydrogen) atoms. The minimum Gasteiger partial charge on any atom is -0.469 e. The summed E-state index contributed by atoms with van der Waals surface area (Å²) in [5.74, 6) is 1.89. The van der Waals surface area contributed by atoms with Crippen molar-refractivity contribution in [2.24, 2.45) is 11.3 Å². The fourth-order valence-corrected chi connectivity index (χ4v) is 5.93. The van der Waals surface area contributed by atoms with Crippen molar-refractivity contribution in [3.63, 3.8) is 0 Å². The maximum Gasteiger partial charge on any atom is 0.305 e. The van der Waals surface area contributed by atoms with Crippen molar-refractivity contribution in [2.45, 2.75) is 85.6 Å². The number of carbonyl (C=O) groups excluding carboxylic acids is 1. The normalized spacial score (nSPS) is 19.8. The van der Waals surface area contributed by atoms with Gasteiger partial charge in [-0.15, -0.1) is 0 Å². The Kier molecular flexibility index (Phi) is 7.25. The van der Waals surface area contributed by atoms with E-state index in [0.29, 0.717) is 36.1 Å². The summed E-state index contributed by atoms with van der Waals surface area (Å²) < 4.78 is 7.30. The van der Waals surface area contributed by atoms with Crippen LogP contribution in [0.3, 0.4) is 0 Å². The quantitative estimate of drug-likeness (QED) is 0.356. The summed E-state index contributed by atoms with van der Waals surface area (Å²) in [6.07, 6.45) is 4.58. The molecule has 0 unspecified atom stereocenters. The van der Waals surface area contributed by atoms with Crippen LogP contribution in [0.2, 0.25) is 0 Å². The lowest BCUT2D eigenvalue weighted by Crippen LogP contribution is -2.29. The number of nitrogens with zero attached hydrogens (tertiary/aromatic N) is 2. The molecule has 2 aromatic carbocycles. The summed E-state index contributed by atoms with van der Waals surface area (Å²) >= 11 is 0. The Labute approximate surface area is 210 Å². The fraction of sp³-hybridized carbons (Fsp3) is 0.533. The largest absolute Gasteiger partial charge is 0.469 e. The Bertz CT molecular complexity index is 1190. The number of ether oxygens (including phenoxy) is 1. The van der Waals surface area contributed by atoms with Crippen LogP contribution in [0.5, 0.6) is 0 Å². The lowest BCUT2D eigenvalue weighted by atomic mass is 9.70. The molecule has 2 atom stereocenters. The van der Waals surface area contributed by atoms with Gasteiger partial charge in [-0.1, -0.05) is 46.8 Å². The Morgan fingerprint density at radius 3 is 2.54 bits per heavy atom. The molecule has 1 aliphatic carbocycles. The van der Waals surface area contributed by atoms with Crippen molar-refractivity contribution < 1.29 is 9.53 Å². The number of hydrogen-bond donors (Lipinski definition) is 1. The predicted octanol–water partition coefficient (Wildman–Crippen LogP) is 7.70. The van der Waals surface area contributed by atoms with Gasteiger partial charge in [0.2, 0.25) is 5.95 Å². The first-order valence-electron chi connectivity index (χ1n) is 13.0. The highest BCUT2D eigenvalue weighted by atomic mass is 16.5. The molecule has 188 valence electrons. The predicted molar refractivity (Wildman–Crippen MR) is 144 cm³/mol. The number of rotatable bonds is 7. The van der Waals surface area contributed by atoms with Crippen molar-refractivity contribution in [3.8, 4) is 0 Å². The van der Waals surface area contributed by atoms with E-state index in [4.69, 9.17) is 9.72 Å². The van der Waals surface area contributed by atoms with Crippen LogP contribution in [0.4, 0.5) is 11.6 Å². The summed E-state index contributed by atoms with van der Waals surface area (Å²) in [6, 6.07) is 13.5. The highest BCUT2D eigenvalue weighted by Gasteiger charge is 2.34. The molecular formula is C30H41N3O2. The van der Waals surface area contributed by atoms with Crippen LogP contribution >= 0.6 is 0 Å². The van der Waals surface area contributed by atoms with E-state index in [9.17, 15) is 4.79 Å². The van der Waals surface area contributed by atoms with Crippen LogP contribution in [0.1, 0.15) is 89.0 Å². The average Bonchev–Trinajstić information content (AvgIpc) is 3.12. The number of carbonyl (C=O) groups is 1. The average molecular weight is 476 g/mol. The summed E-state index contributed by atoms with van der Waals surface area (Å²) in [6.45, 7) is 13.7. The SMILES string of the molecule is COC(=O)CCc1cc2nc(Nc3ccc(C(C)C)cc3)n([C@@H]3C[C@@H](C)CC(C)(C)C3)c2cc1C. The Balaban J connectivity index is 1.76. The Morgan fingerprint density at radius 2 is 1.91 bits per heavy atom. The van der Waals surface area contributed by atoms with Gasteiger partial charge in [-0.3, -0.25) is 4.79 Å². The molecule has 1 saturated carbocycles. The number of nitrogens with one attached hydrogen (secondary N) is 1. The van der Waals surface area contributed by atoms with Gasteiger partial charge in [-0.2, -0.15) is 0 Å². The van der Waals surface area contributed by atoms with E-state index in [1.807, 2.05) is 0 Å². The van der Waals surface area contributed by atoms with Crippen molar-refractivity contribution in [2.75, 3.05) is 12.4 Å². The zero-order chi connectivity index (χ0) is 25.3. The Morgan fingerprint density at radius 1 is 1.20 bits per heavy atom. The number of imidazole rings is 1. The zero-order valence-electron chi connectivity index (χ0n) is 22.4. The standard InChI is InChI=1S/C30H41N3O2/c1-19(2)22-8-11-24(12-9-22)31-29-32-26-16-23(10-13-28(34)35-7)21(4)15-27(26)33(29)25-14-20(3)17-30(5,6)18-25/h8-9,11-12,15-16,19-20,25H,10,13-14,17-18H2,1-7H3,(H,31,32)/t20-,25-/m1/s1. The molecule has 0 radical (unpaired) electrons. The van der Waals surface area contributed by atoms with Crippen LogP contribution in [0, 0.1) is 18.3 Å². The van der Waals surface area contributed by atoms with Gasteiger partial charge in [0.05, 0.1) is 18.1 Å². The first kappa shape index (κ1) is 25.3. The highest BCUT2D eigenvalue weighted by molar-refractivity contribution is 5.82. The highest BCUT2D eigenvalue weighted by Crippen LogP contribution is 2.46. The number of fused-ring (bicyclic) bond motifs is 1. The number of aromatic nitrogens is 2. The lowest BCUT2D eigenvalue weighted by molar-refractivity contribution is -0.140. The summed E-state index contributed by atoms with van der Waals surface area (Å²) in [5, 5.41) is 3.64. The van der Waals surface area contributed by atoms with Gasteiger partial charge in [0.1, 0.15) is 0 Å². The number of methoxy groups -OCH3 is 1. The minimum atomic E-state index is -0.180. The molecular weight excluding hydrogens is 434 g/mol. The molecule has 4 rings (SSSR count).